The van der Waals surface area contributed by atoms with E-state index >= 15 is 0 Å². The van der Waals surface area contributed by atoms with Crippen molar-refractivity contribution in [1.82, 2.24) is 4.90 Å². The Morgan fingerprint density at radius 3 is 2.76 bits per heavy atom. The molecule has 1 aromatic heterocycles. The molecule has 2 heterocycles. The van der Waals surface area contributed by atoms with Crippen LogP contribution >= 0.6 is 11.3 Å². The predicted molar refractivity (Wildman–Crippen MR) is 84.6 cm³/mol. The van der Waals surface area contributed by atoms with Crippen LogP contribution in [0.15, 0.2) is 29.7 Å². The van der Waals surface area contributed by atoms with Gasteiger partial charge in [0.15, 0.2) is 0 Å². The molecular weight excluding hydrogens is 280 g/mol. The maximum Gasteiger partial charge on any atom is 0.264 e. The van der Waals surface area contributed by atoms with Crippen LogP contribution in [0.1, 0.15) is 22.5 Å². The molecule has 2 bridgehead atoms. The summed E-state index contributed by atoms with van der Waals surface area (Å²) in [6, 6.07) is 3.90. The van der Waals surface area contributed by atoms with E-state index in [0.29, 0.717) is 0 Å². The van der Waals surface area contributed by atoms with Crippen LogP contribution in [0.5, 0.6) is 0 Å². The van der Waals surface area contributed by atoms with Crippen molar-refractivity contribution in [2.45, 2.75) is 12.8 Å². The lowest BCUT2D eigenvalue weighted by Gasteiger charge is -2.34. The summed E-state index contributed by atoms with van der Waals surface area (Å²) in [5, 5.41) is 1.98. The van der Waals surface area contributed by atoms with Crippen molar-refractivity contribution in [3.63, 3.8) is 0 Å². The number of rotatable bonds is 3. The first-order chi connectivity index (χ1) is 10.3. The molecule has 1 saturated carbocycles. The minimum atomic E-state index is 0.229. The smallest absolute Gasteiger partial charge is 0.264 e. The third-order valence-corrected chi connectivity index (χ3v) is 6.31. The number of carbonyl (C=O) groups excluding carboxylic acids is 1. The molecule has 1 amide bonds. The number of hydrogen-bond acceptors (Lipinski definition) is 2. The van der Waals surface area contributed by atoms with E-state index in [0.717, 1.165) is 48.8 Å². The van der Waals surface area contributed by atoms with Crippen molar-refractivity contribution in [2.24, 2.45) is 17.8 Å². The average Bonchev–Trinajstić information content (AvgIpc) is 3.25. The van der Waals surface area contributed by atoms with Gasteiger partial charge in [-0.3, -0.25) is 4.79 Å². The molecule has 1 aliphatic heterocycles. The number of hydrogen-bond donors (Lipinski definition) is 1. The number of piperazine rings is 1. The first-order valence-electron chi connectivity index (χ1n) is 8.14. The molecule has 0 aromatic carbocycles. The zero-order valence-corrected chi connectivity index (χ0v) is 13.1. The van der Waals surface area contributed by atoms with Crippen molar-refractivity contribution in [1.29, 1.82) is 0 Å². The number of nitrogens with zero attached hydrogens (tertiary/aromatic N) is 1. The molecule has 0 radical (unpaired) electrons. The second-order valence-corrected chi connectivity index (χ2v) is 7.71. The monoisotopic (exact) mass is 303 g/mol. The highest BCUT2D eigenvalue weighted by Crippen LogP contribution is 2.42. The van der Waals surface area contributed by atoms with E-state index in [9.17, 15) is 4.79 Å². The van der Waals surface area contributed by atoms with Gasteiger partial charge < -0.3 is 9.80 Å². The van der Waals surface area contributed by atoms with Gasteiger partial charge in [-0.2, -0.15) is 0 Å². The van der Waals surface area contributed by atoms with Gasteiger partial charge in [-0.05, 0) is 36.1 Å². The summed E-state index contributed by atoms with van der Waals surface area (Å²) >= 11 is 1.55. The van der Waals surface area contributed by atoms with Crippen LogP contribution in [0.2, 0.25) is 0 Å². The molecule has 3 atom stereocenters. The van der Waals surface area contributed by atoms with Crippen LogP contribution in [0, 0.1) is 17.8 Å². The summed E-state index contributed by atoms with van der Waals surface area (Å²) in [6.45, 7) is 5.39. The topological polar surface area (TPSA) is 24.8 Å². The number of fused-ring (bicyclic) bond motifs is 2. The van der Waals surface area contributed by atoms with Gasteiger partial charge in [-0.15, -0.1) is 11.3 Å². The van der Waals surface area contributed by atoms with E-state index < -0.39 is 0 Å². The van der Waals surface area contributed by atoms with Crippen LogP contribution in [-0.4, -0.2) is 43.5 Å². The third-order valence-electron chi connectivity index (χ3n) is 5.46. The summed E-state index contributed by atoms with van der Waals surface area (Å²) in [5.74, 6) is 2.86. The Hall–Kier alpha value is -1.13. The molecule has 1 N–H and O–H groups in total. The van der Waals surface area contributed by atoms with E-state index in [4.69, 9.17) is 0 Å². The lowest BCUT2D eigenvalue weighted by molar-refractivity contribution is -0.907. The number of amides is 1. The Morgan fingerprint density at radius 2 is 2.14 bits per heavy atom. The van der Waals surface area contributed by atoms with Crippen LogP contribution in [-0.2, 0) is 0 Å². The van der Waals surface area contributed by atoms with Gasteiger partial charge in [0.05, 0.1) is 37.6 Å². The summed E-state index contributed by atoms with van der Waals surface area (Å²) in [6.07, 6.45) is 7.69. The molecular formula is C17H23N2OS+. The second-order valence-electron chi connectivity index (χ2n) is 6.76. The van der Waals surface area contributed by atoms with Crippen LogP contribution in [0.3, 0.4) is 0 Å². The fourth-order valence-corrected chi connectivity index (χ4v) is 4.98. The highest BCUT2D eigenvalue weighted by atomic mass is 32.1. The Kier molecular flexibility index (Phi) is 3.59. The molecule has 4 rings (SSSR count). The number of thiophene rings is 1. The van der Waals surface area contributed by atoms with Gasteiger partial charge in [0, 0.05) is 5.92 Å². The standard InChI is InChI=1S/C17H22N2OS/c20-17(16-2-1-9-21-16)19-7-5-18(6-8-19)12-15-11-13-3-4-14(15)10-13/h1-4,9,13-15H,5-8,10-12H2/p+1/t13-,14+,15-/m1/s1. The van der Waals surface area contributed by atoms with E-state index in [2.05, 4.69) is 12.2 Å². The van der Waals surface area contributed by atoms with Gasteiger partial charge in [-0.1, -0.05) is 18.2 Å². The minimum Gasteiger partial charge on any atom is -0.332 e. The fourth-order valence-electron chi connectivity index (χ4n) is 4.29. The highest BCUT2D eigenvalue weighted by Gasteiger charge is 2.38. The normalized spacial score (nSPS) is 32.0. The van der Waals surface area contributed by atoms with Crippen molar-refractivity contribution >= 4 is 17.2 Å². The molecule has 0 unspecified atom stereocenters. The summed E-state index contributed by atoms with van der Waals surface area (Å²) in [5.41, 5.74) is 0. The van der Waals surface area contributed by atoms with Crippen molar-refractivity contribution < 1.29 is 9.69 Å². The third kappa shape index (κ3) is 2.67. The Balaban J connectivity index is 1.29. The molecule has 3 aliphatic rings. The first kappa shape index (κ1) is 13.5. The molecule has 3 nitrogen and oxygen atoms in total. The quantitative estimate of drug-likeness (QED) is 0.837. The van der Waals surface area contributed by atoms with Gasteiger partial charge in [0.2, 0.25) is 0 Å². The molecule has 4 heteroatoms. The predicted octanol–water partition coefficient (Wildman–Crippen LogP) is 1.30. The molecule has 1 saturated heterocycles. The van der Waals surface area contributed by atoms with Crippen LogP contribution in [0.25, 0.3) is 0 Å². The zero-order chi connectivity index (χ0) is 14.2. The zero-order valence-electron chi connectivity index (χ0n) is 12.3. The Bertz CT molecular complexity index is 531. The van der Waals surface area contributed by atoms with Crippen molar-refractivity contribution in [3.05, 3.63) is 34.5 Å². The lowest BCUT2D eigenvalue weighted by Crippen LogP contribution is -3.15. The average molecular weight is 303 g/mol. The van der Waals surface area contributed by atoms with E-state index in [1.807, 2.05) is 22.4 Å². The van der Waals surface area contributed by atoms with Crippen molar-refractivity contribution in [2.75, 3.05) is 32.7 Å². The SMILES string of the molecule is O=C(c1cccs1)N1CC[NH+](C[C@H]2C[C@@H]3C=C[C@H]2C3)CC1. The van der Waals surface area contributed by atoms with E-state index in [1.54, 1.807) is 16.2 Å². The molecule has 2 aliphatic carbocycles. The number of carbonyl (C=O) groups is 1. The first-order valence-corrected chi connectivity index (χ1v) is 9.02. The molecule has 21 heavy (non-hydrogen) atoms. The second kappa shape index (κ2) is 5.58. The van der Waals surface area contributed by atoms with Crippen molar-refractivity contribution in [3.8, 4) is 0 Å². The minimum absolute atomic E-state index is 0.229. The summed E-state index contributed by atoms with van der Waals surface area (Å²) in [4.78, 5) is 17.0. The van der Waals surface area contributed by atoms with Gasteiger partial charge >= 0.3 is 0 Å². The van der Waals surface area contributed by atoms with E-state index in [-0.39, 0.29) is 5.91 Å². The number of allylic oxidation sites excluding steroid dienone is 2. The maximum absolute atomic E-state index is 12.3. The van der Waals surface area contributed by atoms with Gasteiger partial charge in [0.25, 0.3) is 5.91 Å². The van der Waals surface area contributed by atoms with Crippen LogP contribution < -0.4 is 4.90 Å². The van der Waals surface area contributed by atoms with Crippen LogP contribution in [0.4, 0.5) is 0 Å². The van der Waals surface area contributed by atoms with Gasteiger partial charge in [-0.25, -0.2) is 0 Å². The molecule has 112 valence electrons. The molecule has 0 spiro atoms. The highest BCUT2D eigenvalue weighted by molar-refractivity contribution is 7.12. The number of quaternary nitrogens is 1. The Labute approximate surface area is 130 Å². The molecule has 1 aromatic rings. The summed E-state index contributed by atoms with van der Waals surface area (Å²) < 4.78 is 0. The lowest BCUT2D eigenvalue weighted by atomic mass is 9.93. The fraction of sp³-hybridized carbons (Fsp3) is 0.588. The Morgan fingerprint density at radius 1 is 1.29 bits per heavy atom. The largest absolute Gasteiger partial charge is 0.332 e. The van der Waals surface area contributed by atoms with E-state index in [1.165, 1.54) is 19.4 Å². The summed E-state index contributed by atoms with van der Waals surface area (Å²) in [7, 11) is 0. The molecule has 2 fully saturated rings. The maximum atomic E-state index is 12.3. The number of nitrogens with one attached hydrogen (secondary N) is 1. The van der Waals surface area contributed by atoms with Gasteiger partial charge in [0.1, 0.15) is 0 Å².